The number of piperidine rings is 1. The minimum absolute atomic E-state index is 0.000254. The second kappa shape index (κ2) is 8.66. The number of hydrogen-bond acceptors (Lipinski definition) is 5. The van der Waals surface area contributed by atoms with Crippen LogP contribution in [0.3, 0.4) is 0 Å². The van der Waals surface area contributed by atoms with E-state index in [2.05, 4.69) is 4.98 Å². The average Bonchev–Trinajstić information content (AvgIpc) is 2.96. The lowest BCUT2D eigenvalue weighted by Crippen LogP contribution is -2.44. The Morgan fingerprint density at radius 1 is 1.46 bits per heavy atom. The quantitative estimate of drug-likeness (QED) is 0.750. The van der Waals surface area contributed by atoms with E-state index in [1.165, 1.54) is 0 Å². The van der Waals surface area contributed by atoms with Crippen LogP contribution in [0.15, 0.2) is 11.5 Å². The van der Waals surface area contributed by atoms with Gasteiger partial charge < -0.3 is 14.5 Å². The Balaban J connectivity index is 1.86. The molecule has 0 saturated carbocycles. The highest BCUT2D eigenvalue weighted by molar-refractivity contribution is 7.09. The van der Waals surface area contributed by atoms with Crippen LogP contribution in [0.2, 0.25) is 0 Å². The summed E-state index contributed by atoms with van der Waals surface area (Å²) in [5.41, 5.74) is 0.317. The van der Waals surface area contributed by atoms with Gasteiger partial charge in [-0.15, -0.1) is 11.3 Å². The van der Waals surface area contributed by atoms with Gasteiger partial charge in [0, 0.05) is 38.1 Å². The van der Waals surface area contributed by atoms with Crippen molar-refractivity contribution in [2.24, 2.45) is 5.92 Å². The molecule has 26 heavy (non-hydrogen) atoms. The van der Waals surface area contributed by atoms with Crippen LogP contribution in [0.25, 0.3) is 6.08 Å². The molecule has 2 heterocycles. The Hall–Kier alpha value is -1.89. The molecule has 1 aromatic rings. The molecule has 0 radical (unpaired) electrons. The summed E-state index contributed by atoms with van der Waals surface area (Å²) in [6, 6.07) is 0. The third-order valence-electron chi connectivity index (χ3n) is 4.10. The van der Waals surface area contributed by atoms with Gasteiger partial charge in [0.1, 0.15) is 5.60 Å². The highest BCUT2D eigenvalue weighted by Crippen LogP contribution is 2.19. The van der Waals surface area contributed by atoms with Crippen molar-refractivity contribution in [3.05, 3.63) is 22.2 Å². The van der Waals surface area contributed by atoms with Crippen molar-refractivity contribution in [3.63, 3.8) is 0 Å². The number of carbonyl (C=O) groups is 2. The first kappa shape index (κ1) is 20.4. The highest BCUT2D eigenvalue weighted by Gasteiger charge is 2.26. The molecule has 7 heteroatoms. The molecule has 2 amide bonds. The van der Waals surface area contributed by atoms with E-state index in [1.807, 2.05) is 38.0 Å². The molecule has 0 spiro atoms. The fourth-order valence-corrected chi connectivity index (χ4v) is 3.52. The molecule has 144 valence electrons. The van der Waals surface area contributed by atoms with Gasteiger partial charge in [-0.2, -0.15) is 0 Å². The first-order valence-corrected chi connectivity index (χ1v) is 9.85. The molecule has 0 aromatic carbocycles. The van der Waals surface area contributed by atoms with E-state index in [0.717, 1.165) is 30.1 Å². The van der Waals surface area contributed by atoms with Crippen molar-refractivity contribution in [3.8, 4) is 0 Å². The second-order valence-electron chi connectivity index (χ2n) is 7.78. The SMILES string of the molecule is Cc1nc(C=CC(=O)N2CCCC(CN(C)C(=O)OC(C)(C)C)C2)cs1. The Labute approximate surface area is 159 Å². The molecule has 0 bridgehead atoms. The zero-order valence-corrected chi connectivity index (χ0v) is 17.1. The van der Waals surface area contributed by atoms with Crippen LogP contribution in [0.4, 0.5) is 4.79 Å². The van der Waals surface area contributed by atoms with Crippen molar-refractivity contribution >= 4 is 29.4 Å². The Bertz CT molecular complexity index is 663. The maximum absolute atomic E-state index is 12.4. The minimum atomic E-state index is -0.501. The number of nitrogens with zero attached hydrogens (tertiary/aromatic N) is 3. The smallest absolute Gasteiger partial charge is 0.410 e. The summed E-state index contributed by atoms with van der Waals surface area (Å²) in [5.74, 6) is 0.264. The molecule has 1 aliphatic heterocycles. The Morgan fingerprint density at radius 3 is 2.81 bits per heavy atom. The maximum Gasteiger partial charge on any atom is 0.410 e. The van der Waals surface area contributed by atoms with Gasteiger partial charge in [0.15, 0.2) is 0 Å². The van der Waals surface area contributed by atoms with Crippen LogP contribution >= 0.6 is 11.3 Å². The summed E-state index contributed by atoms with van der Waals surface area (Å²) < 4.78 is 5.39. The van der Waals surface area contributed by atoms with E-state index in [9.17, 15) is 9.59 Å². The van der Waals surface area contributed by atoms with Crippen LogP contribution in [0.5, 0.6) is 0 Å². The number of thiazole rings is 1. The number of amides is 2. The lowest BCUT2D eigenvalue weighted by molar-refractivity contribution is -0.127. The van der Waals surface area contributed by atoms with Gasteiger partial charge in [-0.3, -0.25) is 4.79 Å². The van der Waals surface area contributed by atoms with Crippen LogP contribution in [0, 0.1) is 12.8 Å². The maximum atomic E-state index is 12.4. The van der Waals surface area contributed by atoms with Crippen molar-refractivity contribution in [2.75, 3.05) is 26.7 Å². The number of aromatic nitrogens is 1. The average molecular weight is 380 g/mol. The van der Waals surface area contributed by atoms with E-state index >= 15 is 0 Å². The van der Waals surface area contributed by atoms with Gasteiger partial charge in [0.2, 0.25) is 5.91 Å². The van der Waals surface area contributed by atoms with Crippen LogP contribution in [0.1, 0.15) is 44.3 Å². The third kappa shape index (κ3) is 6.44. The molecule has 0 aliphatic carbocycles. The largest absolute Gasteiger partial charge is 0.444 e. The Kier molecular flexibility index (Phi) is 6.81. The van der Waals surface area contributed by atoms with Gasteiger partial charge >= 0.3 is 6.09 Å². The Morgan fingerprint density at radius 2 is 2.19 bits per heavy atom. The summed E-state index contributed by atoms with van der Waals surface area (Å²) in [6.07, 6.45) is 4.99. The number of hydrogen-bond donors (Lipinski definition) is 0. The van der Waals surface area contributed by atoms with Crippen LogP contribution < -0.4 is 0 Å². The van der Waals surface area contributed by atoms with Gasteiger partial charge in [-0.1, -0.05) is 0 Å². The van der Waals surface area contributed by atoms with Crippen molar-refractivity contribution in [1.29, 1.82) is 0 Å². The molecule has 1 fully saturated rings. The van der Waals surface area contributed by atoms with E-state index in [-0.39, 0.29) is 17.9 Å². The number of ether oxygens (including phenoxy) is 1. The molecule has 1 aromatic heterocycles. The van der Waals surface area contributed by atoms with Crippen molar-refractivity contribution in [2.45, 2.75) is 46.1 Å². The first-order chi connectivity index (χ1) is 12.1. The third-order valence-corrected chi connectivity index (χ3v) is 4.89. The lowest BCUT2D eigenvalue weighted by atomic mass is 9.97. The molecule has 2 rings (SSSR count). The summed E-state index contributed by atoms with van der Waals surface area (Å²) in [6.45, 7) is 9.52. The lowest BCUT2D eigenvalue weighted by Gasteiger charge is -2.34. The predicted molar refractivity (Wildman–Crippen MR) is 104 cm³/mol. The van der Waals surface area contributed by atoms with E-state index in [4.69, 9.17) is 4.74 Å². The molecule has 1 unspecified atom stereocenters. The van der Waals surface area contributed by atoms with Gasteiger partial charge in [-0.25, -0.2) is 9.78 Å². The number of rotatable bonds is 4. The van der Waals surface area contributed by atoms with Crippen LogP contribution in [-0.2, 0) is 9.53 Å². The standard InChI is InChI=1S/C19H29N3O3S/c1-14-20-16(13-26-14)8-9-17(23)22-10-6-7-15(12-22)11-21(5)18(24)25-19(2,3)4/h8-9,13,15H,6-7,10-12H2,1-5H3. The second-order valence-corrected chi connectivity index (χ2v) is 8.84. The van der Waals surface area contributed by atoms with Gasteiger partial charge in [-0.05, 0) is 52.5 Å². The summed E-state index contributed by atoms with van der Waals surface area (Å²) in [4.78, 5) is 32.4. The van der Waals surface area contributed by atoms with Gasteiger partial charge in [0.25, 0.3) is 0 Å². The number of aryl methyl sites for hydroxylation is 1. The first-order valence-electron chi connectivity index (χ1n) is 8.97. The highest BCUT2D eigenvalue weighted by atomic mass is 32.1. The van der Waals surface area contributed by atoms with E-state index in [0.29, 0.717) is 13.1 Å². The summed E-state index contributed by atoms with van der Waals surface area (Å²) in [5, 5.41) is 2.92. The number of likely N-dealkylation sites (tertiary alicyclic amines) is 1. The zero-order valence-electron chi connectivity index (χ0n) is 16.3. The number of carbonyl (C=O) groups excluding carboxylic acids is 2. The van der Waals surface area contributed by atoms with Crippen molar-refractivity contribution in [1.82, 2.24) is 14.8 Å². The van der Waals surface area contributed by atoms with Crippen molar-refractivity contribution < 1.29 is 14.3 Å². The van der Waals surface area contributed by atoms with Crippen LogP contribution in [-0.4, -0.2) is 59.1 Å². The molecule has 1 saturated heterocycles. The topological polar surface area (TPSA) is 62.7 Å². The monoisotopic (exact) mass is 379 g/mol. The molecule has 1 aliphatic rings. The van der Waals surface area contributed by atoms with Gasteiger partial charge in [0.05, 0.1) is 10.7 Å². The molecular formula is C19H29N3O3S. The predicted octanol–water partition coefficient (Wildman–Crippen LogP) is 3.57. The minimum Gasteiger partial charge on any atom is -0.444 e. The molecule has 6 nitrogen and oxygen atoms in total. The molecular weight excluding hydrogens is 350 g/mol. The normalized spacial score (nSPS) is 18.2. The molecule has 0 N–H and O–H groups in total. The fourth-order valence-electron chi connectivity index (χ4n) is 2.93. The van der Waals surface area contributed by atoms with E-state index in [1.54, 1.807) is 35.4 Å². The fraction of sp³-hybridized carbons (Fsp3) is 0.632. The zero-order chi connectivity index (χ0) is 19.3. The summed E-state index contributed by atoms with van der Waals surface area (Å²) in [7, 11) is 1.75. The molecule has 1 atom stereocenters. The van der Waals surface area contributed by atoms with E-state index < -0.39 is 5.60 Å². The summed E-state index contributed by atoms with van der Waals surface area (Å²) >= 11 is 1.57.